The van der Waals surface area contributed by atoms with Crippen molar-refractivity contribution in [2.75, 3.05) is 18.9 Å². The van der Waals surface area contributed by atoms with E-state index in [2.05, 4.69) is 30.7 Å². The molecule has 0 amide bonds. The van der Waals surface area contributed by atoms with Crippen molar-refractivity contribution >= 4 is 5.69 Å². The van der Waals surface area contributed by atoms with Gasteiger partial charge in [0.1, 0.15) is 0 Å². The molecule has 0 aromatic carbocycles. The zero-order valence-electron chi connectivity index (χ0n) is 12.4. The zero-order valence-corrected chi connectivity index (χ0v) is 12.4. The van der Waals surface area contributed by atoms with Gasteiger partial charge in [-0.3, -0.25) is 9.88 Å². The Labute approximate surface area is 116 Å². The minimum Gasteiger partial charge on any atom is -0.398 e. The first-order valence-electron chi connectivity index (χ1n) is 7.09. The van der Waals surface area contributed by atoms with E-state index in [4.69, 9.17) is 10.5 Å². The van der Waals surface area contributed by atoms with Crippen LogP contribution in [0.1, 0.15) is 37.1 Å². The lowest BCUT2D eigenvalue weighted by Gasteiger charge is -2.38. The first-order chi connectivity index (χ1) is 9.02. The summed E-state index contributed by atoms with van der Waals surface area (Å²) in [5.74, 6) is 0. The second-order valence-electron chi connectivity index (χ2n) is 5.56. The lowest BCUT2D eigenvalue weighted by Crippen LogP contribution is -2.48. The lowest BCUT2D eigenvalue weighted by atomic mass is 10.1. The molecule has 1 aromatic rings. The SMILES string of the molecule is CCC1COC(C)CN1Cc1ncc(C)c(N)c1C. The number of nitrogens with zero attached hydrogens (tertiary/aromatic N) is 2. The maximum Gasteiger partial charge on any atom is 0.0674 e. The van der Waals surface area contributed by atoms with Crippen molar-refractivity contribution in [2.45, 2.75) is 52.8 Å². The maximum atomic E-state index is 6.10. The highest BCUT2D eigenvalue weighted by atomic mass is 16.5. The Hall–Kier alpha value is -1.13. The number of aromatic nitrogens is 1. The Bertz CT molecular complexity index is 447. The molecule has 1 saturated heterocycles. The van der Waals surface area contributed by atoms with Crippen molar-refractivity contribution < 1.29 is 4.74 Å². The number of pyridine rings is 1. The van der Waals surface area contributed by atoms with Crippen LogP contribution in [0, 0.1) is 13.8 Å². The van der Waals surface area contributed by atoms with E-state index in [0.29, 0.717) is 12.1 Å². The molecule has 2 N–H and O–H groups in total. The fourth-order valence-corrected chi connectivity index (χ4v) is 2.63. The van der Waals surface area contributed by atoms with Crippen LogP contribution in [0.3, 0.4) is 0 Å². The second kappa shape index (κ2) is 5.88. The topological polar surface area (TPSA) is 51.4 Å². The van der Waals surface area contributed by atoms with Crippen molar-refractivity contribution in [3.63, 3.8) is 0 Å². The molecule has 0 spiro atoms. The van der Waals surface area contributed by atoms with Crippen molar-refractivity contribution in [3.8, 4) is 0 Å². The molecule has 1 aliphatic rings. The molecule has 19 heavy (non-hydrogen) atoms. The Kier molecular flexibility index (Phi) is 4.42. The predicted octanol–water partition coefficient (Wildman–Crippen LogP) is 2.28. The summed E-state index contributed by atoms with van der Waals surface area (Å²) in [6.45, 7) is 11.1. The van der Waals surface area contributed by atoms with Gasteiger partial charge in [-0.15, -0.1) is 0 Å². The molecule has 0 saturated carbocycles. The average Bonchev–Trinajstić information content (AvgIpc) is 2.40. The number of nitrogen functional groups attached to an aromatic ring is 1. The first kappa shape index (κ1) is 14.3. The predicted molar refractivity (Wildman–Crippen MR) is 78.0 cm³/mol. The van der Waals surface area contributed by atoms with Crippen LogP contribution >= 0.6 is 0 Å². The number of rotatable bonds is 3. The van der Waals surface area contributed by atoms with Gasteiger partial charge in [0.2, 0.25) is 0 Å². The van der Waals surface area contributed by atoms with E-state index in [9.17, 15) is 0 Å². The molecule has 4 nitrogen and oxygen atoms in total. The zero-order chi connectivity index (χ0) is 14.0. The van der Waals surface area contributed by atoms with Crippen LogP contribution in [-0.4, -0.2) is 35.2 Å². The molecule has 1 aliphatic heterocycles. The summed E-state index contributed by atoms with van der Waals surface area (Å²) in [6.07, 6.45) is 3.28. The van der Waals surface area contributed by atoms with E-state index in [1.54, 1.807) is 0 Å². The second-order valence-corrected chi connectivity index (χ2v) is 5.56. The highest BCUT2D eigenvalue weighted by molar-refractivity contribution is 5.53. The number of morpholine rings is 1. The standard InChI is InChI=1S/C15H25N3O/c1-5-13-9-19-11(3)7-18(13)8-14-12(4)15(16)10(2)6-17-14/h6,11,13H,5,7-9H2,1-4H3,(H2,16,17). The number of aryl methyl sites for hydroxylation is 1. The number of ether oxygens (including phenoxy) is 1. The van der Waals surface area contributed by atoms with E-state index in [-0.39, 0.29) is 0 Å². The third-order valence-electron chi connectivity index (χ3n) is 4.08. The minimum absolute atomic E-state index is 0.297. The Morgan fingerprint density at radius 3 is 2.89 bits per heavy atom. The van der Waals surface area contributed by atoms with Gasteiger partial charge >= 0.3 is 0 Å². The summed E-state index contributed by atoms with van der Waals surface area (Å²) in [5.41, 5.74) is 10.2. The maximum absolute atomic E-state index is 6.10. The van der Waals surface area contributed by atoms with Gasteiger partial charge in [0.25, 0.3) is 0 Å². The molecule has 0 radical (unpaired) electrons. The highest BCUT2D eigenvalue weighted by Crippen LogP contribution is 2.22. The van der Waals surface area contributed by atoms with Crippen LogP contribution in [0.4, 0.5) is 5.69 Å². The average molecular weight is 263 g/mol. The van der Waals surface area contributed by atoms with Gasteiger partial charge < -0.3 is 10.5 Å². The molecule has 2 unspecified atom stereocenters. The largest absolute Gasteiger partial charge is 0.398 e. The minimum atomic E-state index is 0.297. The lowest BCUT2D eigenvalue weighted by molar-refractivity contribution is -0.0596. The van der Waals surface area contributed by atoms with Gasteiger partial charge in [-0.1, -0.05) is 6.92 Å². The smallest absolute Gasteiger partial charge is 0.0674 e. The number of anilines is 1. The van der Waals surface area contributed by atoms with Gasteiger partial charge in [-0.25, -0.2) is 0 Å². The molecule has 1 aromatic heterocycles. The Balaban J connectivity index is 2.17. The molecule has 0 aliphatic carbocycles. The van der Waals surface area contributed by atoms with Gasteiger partial charge in [-0.2, -0.15) is 0 Å². The van der Waals surface area contributed by atoms with Crippen LogP contribution in [0.2, 0.25) is 0 Å². The van der Waals surface area contributed by atoms with Gasteiger partial charge in [0, 0.05) is 31.0 Å². The summed E-state index contributed by atoms with van der Waals surface area (Å²) < 4.78 is 5.74. The normalized spacial score (nSPS) is 24.6. The molecule has 2 rings (SSSR count). The molecule has 1 fully saturated rings. The molecular weight excluding hydrogens is 238 g/mol. The van der Waals surface area contributed by atoms with Crippen LogP contribution in [0.15, 0.2) is 6.20 Å². The summed E-state index contributed by atoms with van der Waals surface area (Å²) in [7, 11) is 0. The third kappa shape index (κ3) is 3.07. The van der Waals surface area contributed by atoms with Gasteiger partial charge in [0.05, 0.1) is 18.4 Å². The fourth-order valence-electron chi connectivity index (χ4n) is 2.63. The van der Waals surface area contributed by atoms with Crippen molar-refractivity contribution in [1.82, 2.24) is 9.88 Å². The Morgan fingerprint density at radius 1 is 1.47 bits per heavy atom. The molecule has 0 bridgehead atoms. The fraction of sp³-hybridized carbons (Fsp3) is 0.667. The summed E-state index contributed by atoms with van der Waals surface area (Å²) in [5, 5.41) is 0. The third-order valence-corrected chi connectivity index (χ3v) is 4.08. The van der Waals surface area contributed by atoms with Crippen LogP contribution in [0.25, 0.3) is 0 Å². The van der Waals surface area contributed by atoms with E-state index in [0.717, 1.165) is 48.6 Å². The molecular formula is C15H25N3O. The van der Waals surface area contributed by atoms with Crippen LogP contribution in [-0.2, 0) is 11.3 Å². The van der Waals surface area contributed by atoms with Gasteiger partial charge in [0.15, 0.2) is 0 Å². The number of hydrogen-bond acceptors (Lipinski definition) is 4. The van der Waals surface area contributed by atoms with Crippen LogP contribution in [0.5, 0.6) is 0 Å². The molecule has 2 heterocycles. The van der Waals surface area contributed by atoms with Crippen molar-refractivity contribution in [2.24, 2.45) is 0 Å². The van der Waals surface area contributed by atoms with E-state index >= 15 is 0 Å². The number of hydrogen-bond donors (Lipinski definition) is 1. The van der Waals surface area contributed by atoms with Gasteiger partial charge in [-0.05, 0) is 38.3 Å². The highest BCUT2D eigenvalue weighted by Gasteiger charge is 2.26. The summed E-state index contributed by atoms with van der Waals surface area (Å²) in [6, 6.07) is 0.486. The molecule has 2 atom stereocenters. The van der Waals surface area contributed by atoms with E-state index in [1.807, 2.05) is 13.1 Å². The monoisotopic (exact) mass is 263 g/mol. The van der Waals surface area contributed by atoms with Crippen molar-refractivity contribution in [3.05, 3.63) is 23.0 Å². The number of nitrogens with two attached hydrogens (primary N) is 1. The molecule has 4 heteroatoms. The van der Waals surface area contributed by atoms with E-state index in [1.165, 1.54) is 0 Å². The molecule has 106 valence electrons. The first-order valence-corrected chi connectivity index (χ1v) is 7.09. The Morgan fingerprint density at radius 2 is 2.21 bits per heavy atom. The summed E-state index contributed by atoms with van der Waals surface area (Å²) >= 11 is 0. The van der Waals surface area contributed by atoms with Crippen LogP contribution < -0.4 is 5.73 Å². The van der Waals surface area contributed by atoms with Crippen molar-refractivity contribution in [1.29, 1.82) is 0 Å². The summed E-state index contributed by atoms with van der Waals surface area (Å²) in [4.78, 5) is 7.03. The van der Waals surface area contributed by atoms with E-state index < -0.39 is 0 Å². The quantitative estimate of drug-likeness (QED) is 0.909.